The van der Waals surface area contributed by atoms with E-state index in [4.69, 9.17) is 9.47 Å². The molecule has 0 aliphatic heterocycles. The van der Waals surface area contributed by atoms with E-state index in [1.807, 2.05) is 32.0 Å². The number of rotatable bonds is 9. The van der Waals surface area contributed by atoms with E-state index >= 15 is 0 Å². The molecule has 8 nitrogen and oxygen atoms in total. The van der Waals surface area contributed by atoms with E-state index in [0.29, 0.717) is 6.42 Å². The van der Waals surface area contributed by atoms with Crippen LogP contribution in [0.5, 0.6) is 0 Å². The van der Waals surface area contributed by atoms with Crippen LogP contribution in [-0.4, -0.2) is 52.0 Å². The van der Waals surface area contributed by atoms with Gasteiger partial charge in [-0.2, -0.15) is 4.79 Å². The summed E-state index contributed by atoms with van der Waals surface area (Å²) in [7, 11) is 0. The Bertz CT molecular complexity index is 884. The molecule has 0 saturated heterocycles. The fraction of sp³-hybridized carbons (Fsp3) is 0.545. The van der Waals surface area contributed by atoms with Crippen LogP contribution in [0.15, 0.2) is 35.2 Å². The Balaban J connectivity index is 1.88. The number of nitrogens with one attached hydrogen (secondary N) is 1. The van der Waals surface area contributed by atoms with Crippen LogP contribution in [0.1, 0.15) is 38.1 Å². The largest absolute Gasteiger partial charge is 0.465 e. The number of carbonyl (C=O) groups excluding carboxylic acids is 2. The maximum atomic E-state index is 13.0. The maximum Gasteiger partial charge on any atom is 0.323 e. The minimum atomic E-state index is -1.32. The van der Waals surface area contributed by atoms with Crippen LogP contribution in [0.4, 0.5) is 0 Å². The van der Waals surface area contributed by atoms with Gasteiger partial charge in [0.15, 0.2) is 5.41 Å². The molecule has 0 bridgehead atoms. The highest BCUT2D eigenvalue weighted by Crippen LogP contribution is 2.46. The van der Waals surface area contributed by atoms with Crippen molar-refractivity contribution in [3.8, 4) is 0 Å². The summed E-state index contributed by atoms with van der Waals surface area (Å²) in [5, 5.41) is 8.26. The van der Waals surface area contributed by atoms with Crippen LogP contribution in [0.25, 0.3) is 0 Å². The number of ether oxygens (including phenoxy) is 2. The van der Waals surface area contributed by atoms with Gasteiger partial charge in [-0.25, -0.2) is 0 Å². The van der Waals surface area contributed by atoms with Gasteiger partial charge in [-0.1, -0.05) is 18.2 Å². The number of nitrogens with zero attached hydrogens (tertiary/aromatic N) is 3. The molecule has 1 saturated carbocycles. The van der Waals surface area contributed by atoms with Gasteiger partial charge >= 0.3 is 11.9 Å². The average molecular weight is 447 g/mol. The first-order chi connectivity index (χ1) is 14.9. The topological polar surface area (TPSA) is 95.3 Å². The summed E-state index contributed by atoms with van der Waals surface area (Å²) in [6.45, 7) is 7.72. The quantitative estimate of drug-likeness (QED) is 0.357. The van der Waals surface area contributed by atoms with E-state index in [-0.39, 0.29) is 31.6 Å². The van der Waals surface area contributed by atoms with Crippen LogP contribution in [-0.2, 0) is 19.1 Å². The van der Waals surface area contributed by atoms with Crippen LogP contribution in [0.2, 0.25) is 0 Å². The Labute approximate surface area is 187 Å². The lowest BCUT2D eigenvalue weighted by Gasteiger charge is -2.24. The van der Waals surface area contributed by atoms with Crippen molar-refractivity contribution in [3.05, 3.63) is 41.7 Å². The van der Waals surface area contributed by atoms with E-state index in [1.54, 1.807) is 30.4 Å². The van der Waals surface area contributed by atoms with Gasteiger partial charge in [-0.05, 0) is 63.8 Å². The molecule has 0 unspecified atom stereocenters. The summed E-state index contributed by atoms with van der Waals surface area (Å²) in [6, 6.07) is 9.90. The van der Waals surface area contributed by atoms with Gasteiger partial charge in [0.2, 0.25) is 0 Å². The number of carbonyl (C=O) groups is 2. The third-order valence-corrected chi connectivity index (χ3v) is 6.90. The number of aryl methyl sites for hydroxylation is 1. The van der Waals surface area contributed by atoms with Gasteiger partial charge in [-0.3, -0.25) is 9.59 Å². The summed E-state index contributed by atoms with van der Waals surface area (Å²) in [5.74, 6) is -0.282. The number of thioether (sulfide) groups is 1. The first-order valence-electron chi connectivity index (χ1n) is 10.6. The Morgan fingerprint density at radius 2 is 1.77 bits per heavy atom. The molecular weight excluding hydrogens is 416 g/mol. The van der Waals surface area contributed by atoms with Crippen molar-refractivity contribution in [2.24, 2.45) is 11.3 Å². The van der Waals surface area contributed by atoms with Gasteiger partial charge in [-0.15, -0.1) is 16.9 Å². The summed E-state index contributed by atoms with van der Waals surface area (Å²) in [5.41, 5.74) is 3.77. The van der Waals surface area contributed by atoms with E-state index in [1.165, 1.54) is 0 Å². The number of benzene rings is 1. The Hall–Kier alpha value is -2.55. The van der Waals surface area contributed by atoms with Crippen LogP contribution in [0, 0.1) is 25.2 Å². The van der Waals surface area contributed by atoms with Crippen LogP contribution >= 0.6 is 11.8 Å². The van der Waals surface area contributed by atoms with E-state index in [9.17, 15) is 9.59 Å². The molecule has 2 aromatic rings. The number of hydrogen-bond acceptors (Lipinski definition) is 8. The molecule has 3 rings (SSSR count). The zero-order valence-electron chi connectivity index (χ0n) is 18.5. The average Bonchev–Trinajstić information content (AvgIpc) is 3.29. The lowest BCUT2D eigenvalue weighted by molar-refractivity contribution is -0.171. The highest BCUT2D eigenvalue weighted by molar-refractivity contribution is 7.99. The fourth-order valence-corrected chi connectivity index (χ4v) is 5.01. The molecule has 0 amide bonds. The molecular formula is C22H30N4O4S. The highest BCUT2D eigenvalue weighted by atomic mass is 32.2. The smallest absolute Gasteiger partial charge is 0.323 e. The van der Waals surface area contributed by atoms with Crippen molar-refractivity contribution in [1.29, 1.82) is 0 Å². The number of esters is 2. The van der Waals surface area contributed by atoms with E-state index < -0.39 is 17.4 Å². The SMILES string of the molecule is CCOC(=O)C1(C(=O)OCC)C[C@H](CSc2ccccc2)[C@@H](Nn2nnc(C)c2C)C1. The van der Waals surface area contributed by atoms with E-state index in [2.05, 4.69) is 27.9 Å². The van der Waals surface area contributed by atoms with Crippen molar-refractivity contribution in [2.45, 2.75) is 51.5 Å². The zero-order valence-corrected chi connectivity index (χ0v) is 19.3. The predicted molar refractivity (Wildman–Crippen MR) is 118 cm³/mol. The third kappa shape index (κ3) is 5.03. The van der Waals surface area contributed by atoms with Gasteiger partial charge in [0.1, 0.15) is 0 Å². The molecule has 31 heavy (non-hydrogen) atoms. The zero-order chi connectivity index (χ0) is 22.4. The van der Waals surface area contributed by atoms with Crippen LogP contribution < -0.4 is 5.43 Å². The molecule has 1 fully saturated rings. The lowest BCUT2D eigenvalue weighted by Crippen LogP contribution is -2.41. The van der Waals surface area contributed by atoms with Gasteiger partial charge in [0, 0.05) is 16.7 Å². The summed E-state index contributed by atoms with van der Waals surface area (Å²) in [4.78, 5) is 28.7. The molecule has 0 radical (unpaired) electrons. The Morgan fingerprint density at radius 3 is 2.32 bits per heavy atom. The number of aromatic nitrogens is 3. The van der Waals surface area contributed by atoms with Crippen molar-refractivity contribution >= 4 is 23.7 Å². The maximum absolute atomic E-state index is 13.0. The first-order valence-corrected chi connectivity index (χ1v) is 11.6. The standard InChI is InChI=1S/C22H30N4O4S/c1-5-29-20(27)22(21(28)30-6-2)12-17(14-31-18-10-8-7-9-11-18)19(13-22)24-26-16(4)15(3)23-25-26/h7-11,17,19,24H,5-6,12-14H2,1-4H3/t17-,19+/m1/s1. The second-order valence-corrected chi connectivity index (χ2v) is 8.82. The molecule has 0 spiro atoms. The third-order valence-electron chi connectivity index (χ3n) is 5.70. The molecule has 1 aromatic carbocycles. The van der Waals surface area contributed by atoms with E-state index in [0.717, 1.165) is 22.0 Å². The first kappa shape index (κ1) is 23.1. The van der Waals surface area contributed by atoms with Gasteiger partial charge in [0.05, 0.1) is 24.6 Å². The van der Waals surface area contributed by atoms with Crippen LogP contribution in [0.3, 0.4) is 0 Å². The van der Waals surface area contributed by atoms with Crippen molar-refractivity contribution in [2.75, 3.05) is 24.4 Å². The summed E-state index contributed by atoms with van der Waals surface area (Å²) >= 11 is 1.70. The lowest BCUT2D eigenvalue weighted by atomic mass is 9.85. The minimum absolute atomic E-state index is 0.0166. The van der Waals surface area contributed by atoms with Crippen molar-refractivity contribution in [3.63, 3.8) is 0 Å². The van der Waals surface area contributed by atoms with Gasteiger partial charge in [0.25, 0.3) is 0 Å². The normalized spacial score (nSPS) is 19.7. The minimum Gasteiger partial charge on any atom is -0.465 e. The summed E-state index contributed by atoms with van der Waals surface area (Å²) < 4.78 is 10.7. The Kier molecular flexibility index (Phi) is 7.59. The molecule has 1 aliphatic rings. The van der Waals surface area contributed by atoms with Gasteiger partial charge < -0.3 is 14.9 Å². The molecule has 1 aromatic heterocycles. The summed E-state index contributed by atoms with van der Waals surface area (Å²) in [6.07, 6.45) is 0.637. The molecule has 2 atom stereocenters. The van der Waals surface area contributed by atoms with Crippen molar-refractivity contribution in [1.82, 2.24) is 15.1 Å². The monoisotopic (exact) mass is 446 g/mol. The highest BCUT2D eigenvalue weighted by Gasteiger charge is 2.57. The second-order valence-electron chi connectivity index (χ2n) is 7.72. The second kappa shape index (κ2) is 10.2. The predicted octanol–water partition coefficient (Wildman–Crippen LogP) is 3.12. The van der Waals surface area contributed by atoms with Crippen molar-refractivity contribution < 1.29 is 19.1 Å². The number of hydrogen-bond donors (Lipinski definition) is 1. The molecule has 168 valence electrons. The molecule has 9 heteroatoms. The molecule has 1 aliphatic carbocycles. The Morgan fingerprint density at radius 1 is 1.13 bits per heavy atom. The fourth-order valence-electron chi connectivity index (χ4n) is 3.90. The molecule has 1 N–H and O–H groups in total. The molecule has 1 heterocycles.